The van der Waals surface area contributed by atoms with Gasteiger partial charge in [0.2, 0.25) is 10.0 Å². The fraction of sp³-hybridized carbons (Fsp3) is 0.462. The summed E-state index contributed by atoms with van der Waals surface area (Å²) < 4.78 is 28.0. The van der Waals surface area contributed by atoms with Crippen molar-refractivity contribution in [2.75, 3.05) is 25.1 Å². The van der Waals surface area contributed by atoms with Crippen LogP contribution < -0.4 is 10.0 Å². The van der Waals surface area contributed by atoms with Crippen molar-refractivity contribution in [2.24, 2.45) is 5.14 Å². The van der Waals surface area contributed by atoms with E-state index < -0.39 is 16.0 Å². The predicted molar refractivity (Wildman–Crippen MR) is 77.0 cm³/mol. The van der Waals surface area contributed by atoms with Crippen LogP contribution >= 0.6 is 0 Å². The maximum absolute atomic E-state index is 11.4. The van der Waals surface area contributed by atoms with E-state index in [1.807, 2.05) is 4.90 Å². The molecule has 1 fully saturated rings. The second-order valence-electron chi connectivity index (χ2n) is 4.98. The standard InChI is InChI=1S/C13H18N2O5S/c1-20-9-3-2-6-15(8-9)12-5-4-10(21(14,18)19)7-11(12)13(16)17/h4-5,7,9H,2-3,6,8H2,1H3,(H,16,17)(H2,14,18,19). The molecule has 1 atom stereocenters. The Kier molecular flexibility index (Phi) is 4.50. The molecule has 0 radical (unpaired) electrons. The minimum atomic E-state index is -3.93. The summed E-state index contributed by atoms with van der Waals surface area (Å²) in [5.41, 5.74) is 0.412. The molecular formula is C13H18N2O5S. The van der Waals surface area contributed by atoms with Gasteiger partial charge in [0.05, 0.1) is 22.3 Å². The van der Waals surface area contributed by atoms with Gasteiger partial charge in [-0.05, 0) is 31.0 Å². The fourth-order valence-electron chi connectivity index (χ4n) is 2.49. The molecule has 0 aliphatic carbocycles. The number of anilines is 1. The Hall–Kier alpha value is -1.64. The fourth-order valence-corrected chi connectivity index (χ4v) is 3.03. The van der Waals surface area contributed by atoms with Crippen LogP contribution in [0.3, 0.4) is 0 Å². The first-order chi connectivity index (χ1) is 9.82. The van der Waals surface area contributed by atoms with Crippen LogP contribution in [-0.2, 0) is 14.8 Å². The Morgan fingerprint density at radius 2 is 2.19 bits per heavy atom. The number of primary sulfonamides is 1. The monoisotopic (exact) mass is 314 g/mol. The lowest BCUT2D eigenvalue weighted by molar-refractivity contribution is 0.0695. The number of aromatic carboxylic acids is 1. The van der Waals surface area contributed by atoms with Crippen LogP contribution in [0.25, 0.3) is 0 Å². The van der Waals surface area contributed by atoms with Crippen molar-refractivity contribution in [1.29, 1.82) is 0 Å². The van der Waals surface area contributed by atoms with Gasteiger partial charge in [0, 0.05) is 20.2 Å². The molecular weight excluding hydrogens is 296 g/mol. The van der Waals surface area contributed by atoms with E-state index in [1.54, 1.807) is 7.11 Å². The van der Waals surface area contributed by atoms with Gasteiger partial charge in [-0.25, -0.2) is 18.4 Å². The van der Waals surface area contributed by atoms with Gasteiger partial charge in [-0.2, -0.15) is 0 Å². The highest BCUT2D eigenvalue weighted by molar-refractivity contribution is 7.89. The van der Waals surface area contributed by atoms with Crippen molar-refractivity contribution in [2.45, 2.75) is 23.8 Å². The summed E-state index contributed by atoms with van der Waals surface area (Å²) in [5, 5.41) is 14.4. The molecule has 1 unspecified atom stereocenters. The minimum absolute atomic E-state index is 0.0401. The quantitative estimate of drug-likeness (QED) is 0.844. The minimum Gasteiger partial charge on any atom is -0.478 e. The summed E-state index contributed by atoms with van der Waals surface area (Å²) in [6, 6.07) is 3.91. The van der Waals surface area contributed by atoms with Crippen molar-refractivity contribution >= 4 is 21.7 Å². The molecule has 1 aliphatic rings. The first-order valence-electron chi connectivity index (χ1n) is 6.51. The zero-order valence-corrected chi connectivity index (χ0v) is 12.5. The second kappa shape index (κ2) is 6.00. The van der Waals surface area contributed by atoms with Crippen LogP contribution in [-0.4, -0.2) is 45.8 Å². The zero-order chi connectivity index (χ0) is 15.6. The van der Waals surface area contributed by atoms with Crippen LogP contribution in [0.15, 0.2) is 23.1 Å². The van der Waals surface area contributed by atoms with Crippen molar-refractivity contribution in [3.8, 4) is 0 Å². The third-order valence-corrected chi connectivity index (χ3v) is 4.49. The van der Waals surface area contributed by atoms with Crippen LogP contribution in [0, 0.1) is 0 Å². The summed E-state index contributed by atoms with van der Waals surface area (Å²) >= 11 is 0. The van der Waals surface area contributed by atoms with Crippen molar-refractivity contribution in [3.63, 3.8) is 0 Å². The number of methoxy groups -OCH3 is 1. The molecule has 21 heavy (non-hydrogen) atoms. The van der Waals surface area contributed by atoms with E-state index in [9.17, 15) is 18.3 Å². The van der Waals surface area contributed by atoms with Gasteiger partial charge in [0.15, 0.2) is 0 Å². The maximum atomic E-state index is 11.4. The number of sulfonamides is 1. The normalized spacial score (nSPS) is 19.5. The Bertz CT molecular complexity index is 644. The summed E-state index contributed by atoms with van der Waals surface area (Å²) in [6.45, 7) is 1.28. The van der Waals surface area contributed by atoms with Crippen LogP contribution in [0.4, 0.5) is 5.69 Å². The zero-order valence-electron chi connectivity index (χ0n) is 11.7. The maximum Gasteiger partial charge on any atom is 0.337 e. The van der Waals surface area contributed by atoms with Crippen molar-refractivity contribution < 1.29 is 23.1 Å². The van der Waals surface area contributed by atoms with Crippen molar-refractivity contribution in [1.82, 2.24) is 0 Å². The number of nitrogens with two attached hydrogens (primary N) is 1. The molecule has 0 aromatic heterocycles. The van der Waals surface area contributed by atoms with Gasteiger partial charge in [-0.1, -0.05) is 0 Å². The van der Waals surface area contributed by atoms with Gasteiger partial charge in [0.1, 0.15) is 0 Å². The highest BCUT2D eigenvalue weighted by atomic mass is 32.2. The third-order valence-electron chi connectivity index (χ3n) is 3.58. The second-order valence-corrected chi connectivity index (χ2v) is 6.54. The van der Waals surface area contributed by atoms with E-state index in [1.165, 1.54) is 12.1 Å². The number of carboxylic acids is 1. The van der Waals surface area contributed by atoms with Crippen molar-refractivity contribution in [3.05, 3.63) is 23.8 Å². The number of rotatable bonds is 4. The number of carboxylic acid groups (broad SMARTS) is 1. The number of piperidine rings is 1. The first-order valence-corrected chi connectivity index (χ1v) is 8.05. The molecule has 0 spiro atoms. The SMILES string of the molecule is COC1CCCN(c2ccc(S(N)(=O)=O)cc2C(=O)O)C1. The Balaban J connectivity index is 2.41. The smallest absolute Gasteiger partial charge is 0.337 e. The summed E-state index contributed by atoms with van der Waals surface area (Å²) in [4.78, 5) is 13.1. The highest BCUT2D eigenvalue weighted by Gasteiger charge is 2.24. The number of hydrogen-bond acceptors (Lipinski definition) is 5. The number of benzene rings is 1. The number of hydrogen-bond donors (Lipinski definition) is 2. The van der Waals surface area contributed by atoms with Gasteiger partial charge < -0.3 is 14.7 Å². The lowest BCUT2D eigenvalue weighted by Crippen LogP contribution is -2.40. The number of carbonyl (C=O) groups is 1. The Morgan fingerprint density at radius 1 is 1.48 bits per heavy atom. The first kappa shape index (κ1) is 15.7. The van der Waals surface area contributed by atoms with Gasteiger partial charge >= 0.3 is 5.97 Å². The van der Waals surface area contributed by atoms with E-state index in [2.05, 4.69) is 0 Å². The molecule has 8 heteroatoms. The molecule has 1 aromatic carbocycles. The lowest BCUT2D eigenvalue weighted by Gasteiger charge is -2.34. The highest BCUT2D eigenvalue weighted by Crippen LogP contribution is 2.27. The summed E-state index contributed by atoms with van der Waals surface area (Å²) in [5.74, 6) is -1.19. The molecule has 1 saturated heterocycles. The molecule has 0 bridgehead atoms. The average molecular weight is 314 g/mol. The van der Waals surface area contributed by atoms with Crippen LogP contribution in [0.2, 0.25) is 0 Å². The third kappa shape index (κ3) is 3.52. The van der Waals surface area contributed by atoms with Gasteiger partial charge in [-0.15, -0.1) is 0 Å². The molecule has 7 nitrogen and oxygen atoms in total. The Morgan fingerprint density at radius 3 is 2.76 bits per heavy atom. The molecule has 0 saturated carbocycles. The average Bonchev–Trinajstić information content (AvgIpc) is 2.45. The number of nitrogens with zero attached hydrogens (tertiary/aromatic N) is 1. The van der Waals surface area contributed by atoms with E-state index in [0.717, 1.165) is 18.9 Å². The molecule has 1 aliphatic heterocycles. The van der Waals surface area contributed by atoms with Crippen LogP contribution in [0.1, 0.15) is 23.2 Å². The number of ether oxygens (including phenoxy) is 1. The van der Waals surface area contributed by atoms with E-state index in [-0.39, 0.29) is 16.6 Å². The summed E-state index contributed by atoms with van der Waals surface area (Å²) in [7, 11) is -2.31. The van der Waals surface area contributed by atoms with E-state index in [4.69, 9.17) is 9.88 Å². The molecule has 1 heterocycles. The van der Waals surface area contributed by atoms with Crippen LogP contribution in [0.5, 0.6) is 0 Å². The molecule has 1 aromatic rings. The van der Waals surface area contributed by atoms with Gasteiger partial charge in [0.25, 0.3) is 0 Å². The molecule has 0 amide bonds. The lowest BCUT2D eigenvalue weighted by atomic mass is 10.1. The summed E-state index contributed by atoms with van der Waals surface area (Å²) in [6.07, 6.45) is 1.84. The molecule has 2 rings (SSSR count). The van der Waals surface area contributed by atoms with Gasteiger partial charge in [-0.3, -0.25) is 0 Å². The van der Waals surface area contributed by atoms with E-state index in [0.29, 0.717) is 18.8 Å². The van der Waals surface area contributed by atoms with E-state index >= 15 is 0 Å². The molecule has 3 N–H and O–H groups in total. The Labute approximate surface area is 123 Å². The largest absolute Gasteiger partial charge is 0.478 e. The topological polar surface area (TPSA) is 110 Å². The molecule has 116 valence electrons. The predicted octanol–water partition coefficient (Wildman–Crippen LogP) is 0.647.